The van der Waals surface area contributed by atoms with Crippen LogP contribution in [0, 0.1) is 12.7 Å². The van der Waals surface area contributed by atoms with Gasteiger partial charge in [0.15, 0.2) is 0 Å². The molecule has 3 rings (SSSR count). The lowest BCUT2D eigenvalue weighted by Gasteiger charge is -2.32. The third-order valence-corrected chi connectivity index (χ3v) is 8.15. The van der Waals surface area contributed by atoms with Crippen molar-refractivity contribution in [3.05, 3.63) is 95.8 Å². The number of sulfonamides is 1. The molecule has 2 atom stereocenters. The van der Waals surface area contributed by atoms with E-state index in [0.29, 0.717) is 0 Å². The van der Waals surface area contributed by atoms with Gasteiger partial charge >= 0.3 is 0 Å². The predicted octanol–water partition coefficient (Wildman–Crippen LogP) is 4.66. The number of carbonyl (C=O) groups excluding carboxylic acids is 2. The Morgan fingerprint density at radius 1 is 0.921 bits per heavy atom. The highest BCUT2D eigenvalue weighted by Crippen LogP contribution is 2.25. The normalized spacial score (nSPS) is 12.9. The van der Waals surface area contributed by atoms with Crippen molar-refractivity contribution in [1.29, 1.82) is 0 Å². The Balaban J connectivity index is 2.00. The zero-order chi connectivity index (χ0) is 27.9. The number of nitrogens with zero attached hydrogens (tertiary/aromatic N) is 2. The number of benzene rings is 3. The Bertz CT molecular complexity index is 1330. The minimum atomic E-state index is -4.24. The van der Waals surface area contributed by atoms with E-state index < -0.39 is 34.3 Å². The highest BCUT2D eigenvalue weighted by molar-refractivity contribution is 7.92. The average molecular weight is 540 g/mol. The number of aryl methyl sites for hydroxylation is 1. The Morgan fingerprint density at radius 2 is 1.53 bits per heavy atom. The van der Waals surface area contributed by atoms with Gasteiger partial charge in [-0.2, -0.15) is 0 Å². The van der Waals surface area contributed by atoms with Gasteiger partial charge < -0.3 is 10.2 Å². The molecule has 9 heteroatoms. The maximum atomic E-state index is 13.8. The van der Waals surface area contributed by atoms with Crippen LogP contribution in [0.25, 0.3) is 0 Å². The Kier molecular flexibility index (Phi) is 9.63. The fourth-order valence-electron chi connectivity index (χ4n) is 3.80. The number of anilines is 1. The minimum absolute atomic E-state index is 0.0819. The second-order valence-electron chi connectivity index (χ2n) is 9.30. The molecule has 0 saturated heterocycles. The fourth-order valence-corrected chi connectivity index (χ4v) is 5.22. The first-order chi connectivity index (χ1) is 18.0. The van der Waals surface area contributed by atoms with Crippen molar-refractivity contribution in [1.82, 2.24) is 10.2 Å². The van der Waals surface area contributed by atoms with Gasteiger partial charge in [0.25, 0.3) is 10.0 Å². The Morgan fingerprint density at radius 3 is 2.11 bits per heavy atom. The Labute approximate surface area is 224 Å². The molecule has 0 radical (unpaired) electrons. The molecule has 38 heavy (non-hydrogen) atoms. The van der Waals surface area contributed by atoms with Crippen LogP contribution in [0.3, 0.4) is 0 Å². The van der Waals surface area contributed by atoms with Crippen molar-refractivity contribution < 1.29 is 22.4 Å². The fraction of sp³-hybridized carbons (Fsp3) is 0.310. The first kappa shape index (κ1) is 28.8. The molecule has 0 aliphatic carbocycles. The van der Waals surface area contributed by atoms with Crippen molar-refractivity contribution in [3.8, 4) is 0 Å². The Hall–Kier alpha value is -3.72. The number of carbonyl (C=O) groups is 2. The zero-order valence-corrected chi connectivity index (χ0v) is 22.9. The summed E-state index contributed by atoms with van der Waals surface area (Å²) >= 11 is 0. The van der Waals surface area contributed by atoms with E-state index in [1.807, 2.05) is 51.1 Å². The molecule has 0 saturated carbocycles. The largest absolute Gasteiger partial charge is 0.352 e. The third kappa shape index (κ3) is 7.19. The summed E-state index contributed by atoms with van der Waals surface area (Å²) in [7, 11) is -4.24. The predicted molar refractivity (Wildman–Crippen MR) is 146 cm³/mol. The number of nitrogens with one attached hydrogen (secondary N) is 1. The second kappa shape index (κ2) is 12.7. The van der Waals surface area contributed by atoms with E-state index in [4.69, 9.17) is 0 Å². The van der Waals surface area contributed by atoms with Crippen LogP contribution in [0.4, 0.5) is 10.1 Å². The summed E-state index contributed by atoms with van der Waals surface area (Å²) < 4.78 is 41.9. The summed E-state index contributed by atoms with van der Waals surface area (Å²) in [5, 5.41) is 2.90. The smallest absolute Gasteiger partial charge is 0.264 e. The van der Waals surface area contributed by atoms with Crippen molar-refractivity contribution in [2.24, 2.45) is 0 Å². The van der Waals surface area contributed by atoms with E-state index >= 15 is 0 Å². The van der Waals surface area contributed by atoms with E-state index in [9.17, 15) is 22.4 Å². The van der Waals surface area contributed by atoms with Crippen LogP contribution in [0.2, 0.25) is 0 Å². The molecule has 0 fully saturated rings. The van der Waals surface area contributed by atoms with Gasteiger partial charge in [-0.05, 0) is 69.2 Å². The molecule has 3 aromatic rings. The summed E-state index contributed by atoms with van der Waals surface area (Å²) in [6.07, 6.45) is 0.724. The van der Waals surface area contributed by atoms with Crippen LogP contribution in [0.1, 0.15) is 38.3 Å². The molecule has 0 aliphatic rings. The minimum Gasteiger partial charge on any atom is -0.352 e. The topological polar surface area (TPSA) is 86.8 Å². The zero-order valence-electron chi connectivity index (χ0n) is 22.1. The monoisotopic (exact) mass is 539 g/mol. The van der Waals surface area contributed by atoms with Crippen LogP contribution in [-0.4, -0.2) is 43.8 Å². The van der Waals surface area contributed by atoms with Crippen LogP contribution < -0.4 is 9.62 Å². The van der Waals surface area contributed by atoms with Crippen LogP contribution in [-0.2, 0) is 26.2 Å². The lowest BCUT2D eigenvalue weighted by Crippen LogP contribution is -2.52. The SMILES string of the molecule is CC[C@H](C)NC(=O)[C@@H](C)N(Cc1ccccc1)C(=O)CN(c1ccc(C)cc1)S(=O)(=O)c1ccc(F)cc1. The highest BCUT2D eigenvalue weighted by atomic mass is 32.2. The van der Waals surface area contributed by atoms with E-state index in [0.717, 1.165) is 34.0 Å². The number of hydrogen-bond acceptors (Lipinski definition) is 4. The van der Waals surface area contributed by atoms with Gasteiger partial charge in [-0.15, -0.1) is 0 Å². The summed E-state index contributed by atoms with van der Waals surface area (Å²) in [4.78, 5) is 28.1. The lowest BCUT2D eigenvalue weighted by molar-refractivity contribution is -0.139. The van der Waals surface area contributed by atoms with Gasteiger partial charge in [-0.25, -0.2) is 12.8 Å². The van der Waals surface area contributed by atoms with Gasteiger partial charge in [0, 0.05) is 12.6 Å². The van der Waals surface area contributed by atoms with E-state index in [2.05, 4.69) is 5.32 Å². The first-order valence-corrected chi connectivity index (χ1v) is 14.0. The molecule has 0 aromatic heterocycles. The van der Waals surface area contributed by atoms with Gasteiger partial charge in [0.05, 0.1) is 10.6 Å². The molecule has 0 spiro atoms. The molecule has 2 amide bonds. The van der Waals surface area contributed by atoms with Gasteiger partial charge in [-0.3, -0.25) is 13.9 Å². The van der Waals surface area contributed by atoms with Gasteiger partial charge in [-0.1, -0.05) is 55.0 Å². The molecule has 0 unspecified atom stereocenters. The number of halogens is 1. The summed E-state index contributed by atoms with van der Waals surface area (Å²) in [6.45, 7) is 6.89. The number of rotatable bonds is 11. The molecular formula is C29H34FN3O4S. The van der Waals surface area contributed by atoms with Crippen molar-refractivity contribution in [3.63, 3.8) is 0 Å². The number of hydrogen-bond donors (Lipinski definition) is 1. The standard InChI is InChI=1S/C29H34FN3O4S/c1-5-22(3)31-29(35)23(4)32(19-24-9-7-6-8-10-24)28(34)20-33(26-15-11-21(2)12-16-26)38(36,37)27-17-13-25(30)14-18-27/h6-18,22-23H,5,19-20H2,1-4H3,(H,31,35)/t22-,23+/m0/s1. The van der Waals surface area contributed by atoms with E-state index in [1.54, 1.807) is 31.2 Å². The quantitative estimate of drug-likeness (QED) is 0.384. The van der Waals surface area contributed by atoms with E-state index in [-0.39, 0.29) is 29.1 Å². The molecule has 0 bridgehead atoms. The van der Waals surface area contributed by atoms with Crippen LogP contribution >= 0.6 is 0 Å². The first-order valence-electron chi connectivity index (χ1n) is 12.5. The van der Waals surface area contributed by atoms with Crippen molar-refractivity contribution in [2.75, 3.05) is 10.8 Å². The lowest BCUT2D eigenvalue weighted by atomic mass is 10.1. The summed E-state index contributed by atoms with van der Waals surface area (Å²) in [5.41, 5.74) is 2.00. The second-order valence-corrected chi connectivity index (χ2v) is 11.2. The maximum absolute atomic E-state index is 13.8. The molecule has 202 valence electrons. The van der Waals surface area contributed by atoms with Crippen molar-refractivity contribution >= 4 is 27.5 Å². The van der Waals surface area contributed by atoms with E-state index in [1.165, 1.54) is 17.0 Å². The average Bonchev–Trinajstić information content (AvgIpc) is 2.91. The molecular weight excluding hydrogens is 505 g/mol. The van der Waals surface area contributed by atoms with Crippen LogP contribution in [0.15, 0.2) is 83.8 Å². The number of amides is 2. The van der Waals surface area contributed by atoms with Crippen molar-refractivity contribution in [2.45, 2.75) is 57.6 Å². The van der Waals surface area contributed by atoms with Crippen LogP contribution in [0.5, 0.6) is 0 Å². The molecule has 1 N–H and O–H groups in total. The molecule has 0 aliphatic heterocycles. The maximum Gasteiger partial charge on any atom is 0.264 e. The summed E-state index contributed by atoms with van der Waals surface area (Å²) in [5.74, 6) is -1.45. The third-order valence-electron chi connectivity index (χ3n) is 6.37. The highest BCUT2D eigenvalue weighted by Gasteiger charge is 2.32. The molecule has 3 aromatic carbocycles. The van der Waals surface area contributed by atoms with Gasteiger partial charge in [0.2, 0.25) is 11.8 Å². The molecule has 0 heterocycles. The van der Waals surface area contributed by atoms with Gasteiger partial charge in [0.1, 0.15) is 18.4 Å². The molecule has 7 nitrogen and oxygen atoms in total. The summed E-state index contributed by atoms with van der Waals surface area (Å²) in [6, 6.07) is 19.4.